The summed E-state index contributed by atoms with van der Waals surface area (Å²) in [5.41, 5.74) is 8.32. The Hall–Kier alpha value is -2.06. The van der Waals surface area contributed by atoms with Crippen LogP contribution in [0.2, 0.25) is 0 Å². The van der Waals surface area contributed by atoms with Gasteiger partial charge >= 0.3 is 0 Å². The zero-order chi connectivity index (χ0) is 14.0. The lowest BCUT2D eigenvalue weighted by molar-refractivity contribution is 0.136. The van der Waals surface area contributed by atoms with E-state index in [1.807, 2.05) is 16.7 Å². The highest BCUT2D eigenvalue weighted by molar-refractivity contribution is 5.80. The second-order valence-electron chi connectivity index (χ2n) is 4.92. The minimum Gasteiger partial charge on any atom is -0.383 e. The van der Waals surface area contributed by atoms with Crippen LogP contribution in [0.3, 0.4) is 0 Å². The van der Waals surface area contributed by atoms with Crippen molar-refractivity contribution < 1.29 is 4.74 Å². The second-order valence-corrected chi connectivity index (χ2v) is 4.92. The number of nitrogen functional groups attached to an aromatic ring is 1. The minimum atomic E-state index is 0.101. The van der Waals surface area contributed by atoms with Gasteiger partial charge < -0.3 is 15.0 Å². The third-order valence-corrected chi connectivity index (χ3v) is 3.28. The molecule has 1 unspecified atom stereocenters. The molecule has 2 N–H and O–H groups in total. The number of imidazole rings is 1. The zero-order valence-corrected chi connectivity index (χ0v) is 11.4. The molecule has 0 radical (unpaired) electrons. The van der Waals surface area contributed by atoms with Gasteiger partial charge in [0, 0.05) is 7.11 Å². The molecule has 1 aromatic carbocycles. The Balaban J connectivity index is 2.63. The van der Waals surface area contributed by atoms with Crippen molar-refractivity contribution in [3.05, 3.63) is 23.8 Å². The van der Waals surface area contributed by atoms with E-state index in [0.717, 1.165) is 11.0 Å². The highest BCUT2D eigenvalue weighted by Gasteiger charge is 2.21. The van der Waals surface area contributed by atoms with Gasteiger partial charge in [-0.2, -0.15) is 5.26 Å². The first-order valence-electron chi connectivity index (χ1n) is 6.25. The van der Waals surface area contributed by atoms with E-state index in [1.165, 1.54) is 0 Å². The van der Waals surface area contributed by atoms with Gasteiger partial charge in [0.15, 0.2) is 0 Å². The number of fused-ring (bicyclic) bond motifs is 1. The van der Waals surface area contributed by atoms with Crippen LogP contribution in [0.25, 0.3) is 11.0 Å². The smallest absolute Gasteiger partial charge is 0.201 e. The highest BCUT2D eigenvalue weighted by Crippen LogP contribution is 2.28. The van der Waals surface area contributed by atoms with Crippen molar-refractivity contribution in [2.75, 3.05) is 19.5 Å². The maximum absolute atomic E-state index is 9.01. The summed E-state index contributed by atoms with van der Waals surface area (Å²) < 4.78 is 7.24. The number of nitriles is 1. The predicted octanol–water partition coefficient (Wildman–Crippen LogP) is 2.33. The van der Waals surface area contributed by atoms with Crippen molar-refractivity contribution in [2.45, 2.75) is 19.9 Å². The third kappa shape index (κ3) is 2.40. The van der Waals surface area contributed by atoms with Gasteiger partial charge in [0.1, 0.15) is 0 Å². The normalized spacial score (nSPS) is 12.8. The summed E-state index contributed by atoms with van der Waals surface area (Å²) in [4.78, 5) is 4.35. The SMILES string of the molecule is COCC(C(C)C)n1c(N)nc2ccc(C#N)cc21. The summed E-state index contributed by atoms with van der Waals surface area (Å²) in [6, 6.07) is 7.64. The molecule has 19 heavy (non-hydrogen) atoms. The number of nitrogens with zero attached hydrogens (tertiary/aromatic N) is 3. The number of hydrogen-bond donors (Lipinski definition) is 1. The first-order valence-corrected chi connectivity index (χ1v) is 6.25. The average Bonchev–Trinajstić information content (AvgIpc) is 2.70. The zero-order valence-electron chi connectivity index (χ0n) is 11.4. The van der Waals surface area contributed by atoms with Crippen LogP contribution in [0.4, 0.5) is 5.95 Å². The van der Waals surface area contributed by atoms with Crippen molar-refractivity contribution in [3.8, 4) is 6.07 Å². The van der Waals surface area contributed by atoms with Crippen LogP contribution in [0, 0.1) is 17.2 Å². The molecular formula is C14H18N4O. The Morgan fingerprint density at radius 3 is 2.79 bits per heavy atom. The summed E-state index contributed by atoms with van der Waals surface area (Å²) in [6.07, 6.45) is 0. The molecule has 0 saturated carbocycles. The molecule has 2 rings (SSSR count). The van der Waals surface area contributed by atoms with Crippen LogP contribution in [-0.4, -0.2) is 23.3 Å². The fourth-order valence-corrected chi connectivity index (χ4v) is 2.27. The molecule has 0 bridgehead atoms. The molecule has 0 saturated heterocycles. The molecule has 1 aromatic heterocycles. The van der Waals surface area contributed by atoms with Crippen LogP contribution in [0.15, 0.2) is 18.2 Å². The van der Waals surface area contributed by atoms with E-state index in [2.05, 4.69) is 24.9 Å². The van der Waals surface area contributed by atoms with Gasteiger partial charge in [-0.15, -0.1) is 0 Å². The molecule has 5 heteroatoms. The molecule has 2 aromatic rings. The van der Waals surface area contributed by atoms with Gasteiger partial charge in [-0.1, -0.05) is 13.8 Å². The molecule has 0 aliphatic heterocycles. The number of ether oxygens (including phenoxy) is 1. The number of rotatable bonds is 4. The third-order valence-electron chi connectivity index (χ3n) is 3.28. The molecule has 0 aliphatic rings. The van der Waals surface area contributed by atoms with Gasteiger partial charge in [-0.3, -0.25) is 0 Å². The minimum absolute atomic E-state index is 0.101. The maximum atomic E-state index is 9.01. The van der Waals surface area contributed by atoms with E-state index in [4.69, 9.17) is 15.7 Å². The van der Waals surface area contributed by atoms with Crippen molar-refractivity contribution >= 4 is 17.0 Å². The van der Waals surface area contributed by atoms with Crippen molar-refractivity contribution in [3.63, 3.8) is 0 Å². The van der Waals surface area contributed by atoms with E-state index in [-0.39, 0.29) is 6.04 Å². The molecular weight excluding hydrogens is 240 g/mol. The van der Waals surface area contributed by atoms with E-state index < -0.39 is 0 Å². The molecule has 0 amide bonds. The first-order chi connectivity index (χ1) is 9.08. The summed E-state index contributed by atoms with van der Waals surface area (Å²) in [6.45, 7) is 4.79. The number of methoxy groups -OCH3 is 1. The molecule has 0 spiro atoms. The summed E-state index contributed by atoms with van der Waals surface area (Å²) in [5, 5.41) is 9.01. The van der Waals surface area contributed by atoms with E-state index in [9.17, 15) is 0 Å². The average molecular weight is 258 g/mol. The van der Waals surface area contributed by atoms with Crippen molar-refractivity contribution in [1.29, 1.82) is 5.26 Å². The molecule has 1 heterocycles. The van der Waals surface area contributed by atoms with Gasteiger partial charge in [0.2, 0.25) is 5.95 Å². The maximum Gasteiger partial charge on any atom is 0.201 e. The summed E-state index contributed by atoms with van der Waals surface area (Å²) in [5.74, 6) is 0.811. The topological polar surface area (TPSA) is 76.9 Å². The Morgan fingerprint density at radius 2 is 2.21 bits per heavy atom. The predicted molar refractivity (Wildman–Crippen MR) is 74.6 cm³/mol. The lowest BCUT2D eigenvalue weighted by Crippen LogP contribution is -2.21. The molecule has 0 aliphatic carbocycles. The molecule has 5 nitrogen and oxygen atoms in total. The monoisotopic (exact) mass is 258 g/mol. The van der Waals surface area contributed by atoms with Crippen molar-refractivity contribution in [2.24, 2.45) is 5.92 Å². The van der Waals surface area contributed by atoms with Gasteiger partial charge in [0.05, 0.1) is 35.3 Å². The lowest BCUT2D eigenvalue weighted by atomic mass is 10.0. The van der Waals surface area contributed by atoms with Crippen LogP contribution in [-0.2, 0) is 4.74 Å². The van der Waals surface area contributed by atoms with Gasteiger partial charge in [0.25, 0.3) is 0 Å². The largest absolute Gasteiger partial charge is 0.383 e. The Morgan fingerprint density at radius 1 is 1.47 bits per heavy atom. The summed E-state index contributed by atoms with van der Waals surface area (Å²) >= 11 is 0. The molecule has 0 fully saturated rings. The molecule has 100 valence electrons. The first kappa shape index (κ1) is 13.4. The number of aromatic nitrogens is 2. The van der Waals surface area contributed by atoms with Crippen LogP contribution in [0.5, 0.6) is 0 Å². The van der Waals surface area contributed by atoms with E-state index >= 15 is 0 Å². The Bertz CT molecular complexity index is 624. The van der Waals surface area contributed by atoms with E-state index in [1.54, 1.807) is 13.2 Å². The molecule has 1 atom stereocenters. The van der Waals surface area contributed by atoms with Gasteiger partial charge in [-0.05, 0) is 24.1 Å². The number of hydrogen-bond acceptors (Lipinski definition) is 4. The lowest BCUT2D eigenvalue weighted by Gasteiger charge is -2.23. The number of nitrogens with two attached hydrogens (primary N) is 1. The Kier molecular flexibility index (Phi) is 3.72. The van der Waals surface area contributed by atoms with Crippen molar-refractivity contribution in [1.82, 2.24) is 9.55 Å². The standard InChI is InChI=1S/C14H18N4O/c1-9(2)13(8-19-3)18-12-6-10(7-15)4-5-11(12)17-14(18)16/h4-6,9,13H,8H2,1-3H3,(H2,16,17). The van der Waals surface area contributed by atoms with Crippen LogP contribution >= 0.6 is 0 Å². The van der Waals surface area contributed by atoms with Crippen LogP contribution in [0.1, 0.15) is 25.5 Å². The number of benzene rings is 1. The fraction of sp³-hybridized carbons (Fsp3) is 0.429. The number of anilines is 1. The highest BCUT2D eigenvalue weighted by atomic mass is 16.5. The summed E-state index contributed by atoms with van der Waals surface area (Å²) in [7, 11) is 1.67. The van der Waals surface area contributed by atoms with Crippen LogP contribution < -0.4 is 5.73 Å². The van der Waals surface area contributed by atoms with Gasteiger partial charge in [-0.25, -0.2) is 4.98 Å². The Labute approximate surface area is 112 Å². The fourth-order valence-electron chi connectivity index (χ4n) is 2.27. The quantitative estimate of drug-likeness (QED) is 0.913. The second kappa shape index (κ2) is 5.29. The van der Waals surface area contributed by atoms with E-state index in [0.29, 0.717) is 24.0 Å².